The highest BCUT2D eigenvalue weighted by Crippen LogP contribution is 2.09. The minimum absolute atomic E-state index is 0.403. The third-order valence-electron chi connectivity index (χ3n) is 1.63. The average Bonchev–Trinajstić information content (AvgIpc) is 2.01. The molecule has 0 aliphatic rings. The average molecular weight is 207 g/mol. The van der Waals surface area contributed by atoms with E-state index in [4.69, 9.17) is 4.55 Å². The smallest absolute Gasteiger partial charge is 0.269 e. The molecular weight excluding hydrogens is 194 g/mol. The van der Waals surface area contributed by atoms with Gasteiger partial charge in [-0.15, -0.1) is 0 Å². The van der Waals surface area contributed by atoms with Crippen LogP contribution in [0.15, 0.2) is 12.7 Å². The fraction of sp³-hybridized carbons (Fsp3) is 0.571. The van der Waals surface area contributed by atoms with E-state index in [-0.39, 0.29) is 0 Å². The van der Waals surface area contributed by atoms with Crippen LogP contribution in [0.4, 0.5) is 0 Å². The van der Waals surface area contributed by atoms with Gasteiger partial charge >= 0.3 is 10.3 Å². The highest BCUT2D eigenvalue weighted by molar-refractivity contribution is 7.84. The second-order valence-electron chi connectivity index (χ2n) is 2.57. The number of carbonyl (C=O) groups is 1. The lowest BCUT2D eigenvalue weighted by Crippen LogP contribution is -2.41. The number of amides is 1. The van der Waals surface area contributed by atoms with Crippen LogP contribution in [0.2, 0.25) is 0 Å². The Bertz CT molecular complexity index is 296. The van der Waals surface area contributed by atoms with E-state index < -0.39 is 22.3 Å². The van der Waals surface area contributed by atoms with Crippen molar-refractivity contribution in [2.45, 2.75) is 26.3 Å². The topological polar surface area (TPSA) is 74.7 Å². The van der Waals surface area contributed by atoms with Crippen LogP contribution in [0.3, 0.4) is 0 Å². The second kappa shape index (κ2) is 4.38. The van der Waals surface area contributed by atoms with Gasteiger partial charge < -0.3 is 0 Å². The molecule has 0 bridgehead atoms. The fourth-order valence-corrected chi connectivity index (χ4v) is 1.72. The predicted molar refractivity (Wildman–Crippen MR) is 48.3 cm³/mol. The molecule has 5 nitrogen and oxygen atoms in total. The lowest BCUT2D eigenvalue weighted by molar-refractivity contribution is -0.123. The highest BCUT2D eigenvalue weighted by atomic mass is 32.2. The molecule has 0 aromatic heterocycles. The van der Waals surface area contributed by atoms with Gasteiger partial charge in [0.2, 0.25) is 0 Å². The van der Waals surface area contributed by atoms with Crippen molar-refractivity contribution in [1.82, 2.24) is 4.31 Å². The van der Waals surface area contributed by atoms with E-state index >= 15 is 0 Å². The van der Waals surface area contributed by atoms with E-state index in [1.165, 1.54) is 6.92 Å². The lowest BCUT2D eigenvalue weighted by Gasteiger charge is -2.22. The van der Waals surface area contributed by atoms with E-state index in [0.29, 0.717) is 10.7 Å². The Hall–Kier alpha value is -0.880. The van der Waals surface area contributed by atoms with Crippen LogP contribution in [-0.2, 0) is 15.1 Å². The summed E-state index contributed by atoms with van der Waals surface area (Å²) < 4.78 is 30.6. The molecule has 0 aromatic rings. The molecule has 0 rings (SSSR count). The third kappa shape index (κ3) is 3.16. The van der Waals surface area contributed by atoms with E-state index in [0.717, 1.165) is 6.08 Å². The summed E-state index contributed by atoms with van der Waals surface area (Å²) in [7, 11) is -4.48. The standard InChI is InChI=1S/C7H13NO4S/c1-4-6(3)8(7(9)5-2)13(10,11)12/h5-6H,2,4H2,1,3H3,(H,10,11,12). The van der Waals surface area contributed by atoms with E-state index in [2.05, 4.69) is 6.58 Å². The highest BCUT2D eigenvalue weighted by Gasteiger charge is 2.27. The third-order valence-corrected chi connectivity index (χ3v) is 2.67. The van der Waals surface area contributed by atoms with Crippen LogP contribution < -0.4 is 0 Å². The molecule has 1 atom stereocenters. The van der Waals surface area contributed by atoms with Gasteiger partial charge in [0.15, 0.2) is 0 Å². The van der Waals surface area contributed by atoms with Crippen LogP contribution in [-0.4, -0.2) is 29.2 Å². The monoisotopic (exact) mass is 207 g/mol. The quantitative estimate of drug-likeness (QED) is 0.541. The van der Waals surface area contributed by atoms with Crippen molar-refractivity contribution in [2.75, 3.05) is 0 Å². The summed E-state index contributed by atoms with van der Waals surface area (Å²) in [5, 5.41) is 0. The summed E-state index contributed by atoms with van der Waals surface area (Å²) in [5.74, 6) is -0.822. The molecule has 0 fully saturated rings. The fourth-order valence-electron chi connectivity index (χ4n) is 0.814. The molecule has 0 saturated carbocycles. The zero-order chi connectivity index (χ0) is 10.6. The molecule has 6 heteroatoms. The van der Waals surface area contributed by atoms with Crippen molar-refractivity contribution in [3.8, 4) is 0 Å². The van der Waals surface area contributed by atoms with Crippen LogP contribution in [0, 0.1) is 0 Å². The predicted octanol–water partition coefficient (Wildman–Crippen LogP) is 0.602. The van der Waals surface area contributed by atoms with E-state index in [1.807, 2.05) is 0 Å². The molecule has 76 valence electrons. The summed E-state index contributed by atoms with van der Waals surface area (Å²) in [6.07, 6.45) is 1.28. The Labute approximate surface area is 77.9 Å². The molecule has 0 heterocycles. The molecule has 13 heavy (non-hydrogen) atoms. The SMILES string of the molecule is C=CC(=O)N(C(C)CC)S(=O)(=O)O. The Kier molecular flexibility index (Phi) is 4.09. The van der Waals surface area contributed by atoms with E-state index in [1.54, 1.807) is 6.92 Å². The van der Waals surface area contributed by atoms with E-state index in [9.17, 15) is 13.2 Å². The largest absolute Gasteiger partial charge is 0.362 e. The van der Waals surface area contributed by atoms with Crippen molar-refractivity contribution in [1.29, 1.82) is 0 Å². The van der Waals surface area contributed by atoms with Gasteiger partial charge in [0.05, 0.1) is 0 Å². The summed E-state index contributed by atoms with van der Waals surface area (Å²) in [5.41, 5.74) is 0. The van der Waals surface area contributed by atoms with Crippen LogP contribution >= 0.6 is 0 Å². The minimum atomic E-state index is -4.48. The van der Waals surface area contributed by atoms with Gasteiger partial charge in [0, 0.05) is 6.04 Å². The lowest BCUT2D eigenvalue weighted by atomic mass is 10.2. The zero-order valence-electron chi connectivity index (χ0n) is 7.60. The Morgan fingerprint density at radius 3 is 2.38 bits per heavy atom. The van der Waals surface area contributed by atoms with Gasteiger partial charge in [-0.05, 0) is 19.4 Å². The zero-order valence-corrected chi connectivity index (χ0v) is 8.41. The molecule has 0 radical (unpaired) electrons. The molecule has 1 N–H and O–H groups in total. The summed E-state index contributed by atoms with van der Waals surface area (Å²) >= 11 is 0. The first-order valence-electron chi connectivity index (χ1n) is 3.77. The van der Waals surface area contributed by atoms with Gasteiger partial charge in [-0.25, -0.2) is 4.31 Å². The Morgan fingerprint density at radius 2 is 2.15 bits per heavy atom. The number of carbonyl (C=O) groups excluding carboxylic acids is 1. The Morgan fingerprint density at radius 1 is 1.69 bits per heavy atom. The van der Waals surface area contributed by atoms with Gasteiger partial charge in [0.1, 0.15) is 0 Å². The summed E-state index contributed by atoms with van der Waals surface area (Å²) in [6, 6.07) is -0.569. The van der Waals surface area contributed by atoms with Crippen molar-refractivity contribution >= 4 is 16.2 Å². The number of hydrogen-bond donors (Lipinski definition) is 1. The second-order valence-corrected chi connectivity index (χ2v) is 3.86. The molecule has 0 aromatic carbocycles. The van der Waals surface area contributed by atoms with Crippen LogP contribution in [0.1, 0.15) is 20.3 Å². The first kappa shape index (κ1) is 12.1. The first-order valence-corrected chi connectivity index (χ1v) is 5.17. The normalized spacial score (nSPS) is 13.5. The van der Waals surface area contributed by atoms with Gasteiger partial charge in [-0.1, -0.05) is 13.5 Å². The molecule has 0 aliphatic carbocycles. The van der Waals surface area contributed by atoms with Crippen molar-refractivity contribution in [2.24, 2.45) is 0 Å². The molecule has 0 saturated heterocycles. The molecule has 1 unspecified atom stereocenters. The number of hydrogen-bond acceptors (Lipinski definition) is 3. The van der Waals surface area contributed by atoms with Crippen molar-refractivity contribution < 1.29 is 17.8 Å². The number of nitrogens with zero attached hydrogens (tertiary/aromatic N) is 1. The number of rotatable bonds is 4. The van der Waals surface area contributed by atoms with Crippen LogP contribution in [0.5, 0.6) is 0 Å². The maximum absolute atomic E-state index is 11.0. The minimum Gasteiger partial charge on any atom is -0.269 e. The molecule has 0 spiro atoms. The molecule has 1 amide bonds. The maximum Gasteiger partial charge on any atom is 0.362 e. The van der Waals surface area contributed by atoms with Gasteiger partial charge in [-0.3, -0.25) is 9.35 Å². The Balaban J connectivity index is 4.99. The van der Waals surface area contributed by atoms with Crippen molar-refractivity contribution in [3.63, 3.8) is 0 Å². The van der Waals surface area contributed by atoms with Gasteiger partial charge in [-0.2, -0.15) is 8.42 Å². The van der Waals surface area contributed by atoms with Gasteiger partial charge in [0.25, 0.3) is 5.91 Å². The summed E-state index contributed by atoms with van der Waals surface area (Å²) in [6.45, 7) is 6.38. The molecule has 0 aliphatic heterocycles. The molecular formula is C7H13NO4S. The summed E-state index contributed by atoms with van der Waals surface area (Å²) in [4.78, 5) is 11.0. The first-order chi connectivity index (χ1) is 5.84. The van der Waals surface area contributed by atoms with Crippen LogP contribution in [0.25, 0.3) is 0 Å². The van der Waals surface area contributed by atoms with Crippen molar-refractivity contribution in [3.05, 3.63) is 12.7 Å². The maximum atomic E-state index is 11.0.